The topological polar surface area (TPSA) is 125 Å². The number of rotatable bonds is 3. The van der Waals surface area contributed by atoms with E-state index in [0.29, 0.717) is 22.9 Å². The molecule has 0 aliphatic carbocycles. The highest BCUT2D eigenvalue weighted by Crippen LogP contribution is 2.28. The number of phenols is 1. The molecular formula is C16H13N7O2. The number of H-pyrrole nitrogens is 2. The number of nitrogens with zero attached hydrogens (tertiary/aromatic N) is 5. The molecule has 0 saturated heterocycles. The molecule has 0 spiro atoms. The second-order valence-corrected chi connectivity index (χ2v) is 5.44. The Labute approximate surface area is 141 Å². The summed E-state index contributed by atoms with van der Waals surface area (Å²) in [6.07, 6.45) is 0. The van der Waals surface area contributed by atoms with Crippen molar-refractivity contribution in [2.45, 2.75) is 6.92 Å². The van der Waals surface area contributed by atoms with Crippen molar-refractivity contribution in [1.29, 1.82) is 0 Å². The van der Waals surface area contributed by atoms with Crippen LogP contribution in [-0.4, -0.2) is 40.5 Å². The minimum Gasteiger partial charge on any atom is -0.508 e. The van der Waals surface area contributed by atoms with Crippen molar-refractivity contribution in [1.82, 2.24) is 35.4 Å². The van der Waals surface area contributed by atoms with E-state index in [-0.39, 0.29) is 5.75 Å². The standard InChI is InChI=1S/C16H13N7O2/c1-9-8-10(24)6-7-11(9)15-19-20-16(25)23(15)13-5-3-2-4-12(13)14-17-21-22-18-14/h2-8,24H,1H3,(H,20,25)(H,17,18,21,22). The minimum absolute atomic E-state index is 0.151. The fraction of sp³-hybridized carbons (Fsp3) is 0.0625. The number of phenolic OH excluding ortho intramolecular Hbond substituents is 1. The number of aryl methyl sites for hydroxylation is 1. The predicted molar refractivity (Wildman–Crippen MR) is 89.2 cm³/mol. The van der Waals surface area contributed by atoms with Crippen molar-refractivity contribution in [2.75, 3.05) is 0 Å². The predicted octanol–water partition coefficient (Wildman–Crippen LogP) is 1.42. The van der Waals surface area contributed by atoms with Gasteiger partial charge in [-0.2, -0.15) is 10.3 Å². The molecule has 0 aliphatic rings. The Kier molecular flexibility index (Phi) is 3.38. The zero-order valence-corrected chi connectivity index (χ0v) is 13.1. The van der Waals surface area contributed by atoms with E-state index >= 15 is 0 Å². The summed E-state index contributed by atoms with van der Waals surface area (Å²) in [5.74, 6) is 0.952. The maximum Gasteiger partial charge on any atom is 0.348 e. The van der Waals surface area contributed by atoms with Crippen LogP contribution in [0.5, 0.6) is 5.75 Å². The first-order valence-electron chi connectivity index (χ1n) is 7.46. The third kappa shape index (κ3) is 2.47. The van der Waals surface area contributed by atoms with Gasteiger partial charge < -0.3 is 5.11 Å². The smallest absolute Gasteiger partial charge is 0.348 e. The van der Waals surface area contributed by atoms with Crippen LogP contribution in [0.4, 0.5) is 0 Å². The molecule has 124 valence electrons. The van der Waals surface area contributed by atoms with Crippen LogP contribution in [0, 0.1) is 6.92 Å². The quantitative estimate of drug-likeness (QED) is 0.520. The van der Waals surface area contributed by atoms with Crippen molar-refractivity contribution < 1.29 is 5.11 Å². The molecule has 0 aliphatic heterocycles. The highest BCUT2D eigenvalue weighted by Gasteiger charge is 2.19. The minimum atomic E-state index is -0.390. The summed E-state index contributed by atoms with van der Waals surface area (Å²) in [4.78, 5) is 12.4. The first-order chi connectivity index (χ1) is 12.1. The lowest BCUT2D eigenvalue weighted by molar-refractivity contribution is 0.475. The fourth-order valence-electron chi connectivity index (χ4n) is 2.73. The number of tetrazole rings is 1. The monoisotopic (exact) mass is 335 g/mol. The van der Waals surface area contributed by atoms with Gasteiger partial charge in [0.25, 0.3) is 0 Å². The van der Waals surface area contributed by atoms with Gasteiger partial charge in [-0.05, 0) is 48.0 Å². The Morgan fingerprint density at radius 1 is 1.08 bits per heavy atom. The molecule has 2 aromatic carbocycles. The Morgan fingerprint density at radius 2 is 1.92 bits per heavy atom. The van der Waals surface area contributed by atoms with Crippen molar-refractivity contribution >= 4 is 0 Å². The highest BCUT2D eigenvalue weighted by molar-refractivity contribution is 5.71. The largest absolute Gasteiger partial charge is 0.508 e. The number of nitrogens with one attached hydrogen (secondary N) is 2. The third-order valence-electron chi connectivity index (χ3n) is 3.85. The van der Waals surface area contributed by atoms with Crippen LogP contribution in [0.3, 0.4) is 0 Å². The number of hydrogen-bond acceptors (Lipinski definition) is 6. The normalized spacial score (nSPS) is 10.9. The summed E-state index contributed by atoms with van der Waals surface area (Å²) in [5, 5.41) is 30.2. The number of aromatic nitrogens is 7. The molecule has 9 heteroatoms. The summed E-state index contributed by atoms with van der Waals surface area (Å²) in [5.41, 5.74) is 2.33. The van der Waals surface area contributed by atoms with Gasteiger partial charge in [-0.3, -0.25) is 0 Å². The van der Waals surface area contributed by atoms with E-state index in [0.717, 1.165) is 11.1 Å². The zero-order chi connectivity index (χ0) is 17.4. The van der Waals surface area contributed by atoms with Crippen LogP contribution in [0.2, 0.25) is 0 Å². The molecule has 0 radical (unpaired) electrons. The molecule has 4 rings (SSSR count). The SMILES string of the molecule is Cc1cc(O)ccc1-c1n[nH]c(=O)n1-c1ccccc1-c1nn[nH]n1. The average Bonchev–Trinajstić information content (AvgIpc) is 3.25. The molecule has 2 heterocycles. The second-order valence-electron chi connectivity index (χ2n) is 5.44. The maximum atomic E-state index is 12.4. The molecule has 9 nitrogen and oxygen atoms in total. The molecule has 2 aromatic heterocycles. The van der Waals surface area contributed by atoms with Crippen LogP contribution in [0.25, 0.3) is 28.5 Å². The van der Waals surface area contributed by atoms with Crippen molar-refractivity contribution in [3.8, 4) is 34.2 Å². The summed E-state index contributed by atoms with van der Waals surface area (Å²) < 4.78 is 1.45. The average molecular weight is 335 g/mol. The summed E-state index contributed by atoms with van der Waals surface area (Å²) in [7, 11) is 0. The molecule has 25 heavy (non-hydrogen) atoms. The van der Waals surface area contributed by atoms with Crippen molar-refractivity contribution in [3.63, 3.8) is 0 Å². The molecule has 4 aromatic rings. The Bertz CT molecular complexity index is 1100. The Balaban J connectivity index is 1.97. The van der Waals surface area contributed by atoms with Gasteiger partial charge in [0, 0.05) is 11.1 Å². The van der Waals surface area contributed by atoms with Gasteiger partial charge in [0.1, 0.15) is 5.75 Å². The number of aromatic amines is 2. The van der Waals surface area contributed by atoms with Gasteiger partial charge >= 0.3 is 5.69 Å². The van der Waals surface area contributed by atoms with Crippen LogP contribution in [0.15, 0.2) is 47.3 Å². The molecule has 0 fully saturated rings. The number of para-hydroxylation sites is 1. The van der Waals surface area contributed by atoms with E-state index < -0.39 is 5.69 Å². The van der Waals surface area contributed by atoms with E-state index in [1.54, 1.807) is 30.3 Å². The molecule has 3 N–H and O–H groups in total. The third-order valence-corrected chi connectivity index (χ3v) is 3.85. The van der Waals surface area contributed by atoms with E-state index in [1.165, 1.54) is 4.57 Å². The van der Waals surface area contributed by atoms with Crippen LogP contribution < -0.4 is 5.69 Å². The fourth-order valence-corrected chi connectivity index (χ4v) is 2.73. The van der Waals surface area contributed by atoms with Crippen molar-refractivity contribution in [2.24, 2.45) is 0 Å². The second kappa shape index (κ2) is 5.71. The van der Waals surface area contributed by atoms with Gasteiger partial charge in [-0.25, -0.2) is 14.5 Å². The molecule has 0 unspecified atom stereocenters. The lowest BCUT2D eigenvalue weighted by Crippen LogP contribution is -2.16. The van der Waals surface area contributed by atoms with Gasteiger partial charge in [-0.15, -0.1) is 10.2 Å². The molecule has 0 bridgehead atoms. The Morgan fingerprint density at radius 3 is 2.68 bits per heavy atom. The zero-order valence-electron chi connectivity index (χ0n) is 13.1. The summed E-state index contributed by atoms with van der Waals surface area (Å²) in [6.45, 7) is 1.84. The number of hydrogen-bond donors (Lipinski definition) is 3. The van der Waals surface area contributed by atoms with Crippen LogP contribution >= 0.6 is 0 Å². The lowest BCUT2D eigenvalue weighted by Gasteiger charge is -2.11. The first kappa shape index (κ1) is 14.8. The van der Waals surface area contributed by atoms with Gasteiger partial charge in [-0.1, -0.05) is 12.1 Å². The summed E-state index contributed by atoms with van der Waals surface area (Å²) in [6, 6.07) is 12.1. The van der Waals surface area contributed by atoms with Gasteiger partial charge in [0.2, 0.25) is 5.82 Å². The van der Waals surface area contributed by atoms with Crippen LogP contribution in [-0.2, 0) is 0 Å². The van der Waals surface area contributed by atoms with E-state index in [1.807, 2.05) is 19.1 Å². The number of aromatic hydroxyl groups is 1. The molecule has 0 amide bonds. The lowest BCUT2D eigenvalue weighted by atomic mass is 10.1. The molecule has 0 saturated carbocycles. The van der Waals surface area contributed by atoms with Gasteiger partial charge in [0.05, 0.1) is 5.69 Å². The molecule has 0 atom stereocenters. The molecular weight excluding hydrogens is 322 g/mol. The van der Waals surface area contributed by atoms with E-state index in [4.69, 9.17) is 0 Å². The van der Waals surface area contributed by atoms with Gasteiger partial charge in [0.15, 0.2) is 5.82 Å². The Hall–Kier alpha value is -3.75. The first-order valence-corrected chi connectivity index (χ1v) is 7.46. The number of benzene rings is 2. The van der Waals surface area contributed by atoms with Crippen molar-refractivity contribution in [3.05, 3.63) is 58.5 Å². The van der Waals surface area contributed by atoms with Crippen LogP contribution in [0.1, 0.15) is 5.56 Å². The van der Waals surface area contributed by atoms with E-state index in [2.05, 4.69) is 30.8 Å². The van der Waals surface area contributed by atoms with E-state index in [9.17, 15) is 9.90 Å². The highest BCUT2D eigenvalue weighted by atomic mass is 16.3. The maximum absolute atomic E-state index is 12.4. The summed E-state index contributed by atoms with van der Waals surface area (Å²) >= 11 is 0.